The Balaban J connectivity index is 1.51. The van der Waals surface area contributed by atoms with Crippen LogP contribution in [0.1, 0.15) is 10.5 Å². The van der Waals surface area contributed by atoms with Crippen LogP contribution in [0.3, 0.4) is 0 Å². The Morgan fingerprint density at radius 3 is 2.85 bits per heavy atom. The van der Waals surface area contributed by atoms with Crippen LogP contribution in [0.2, 0.25) is 0 Å². The summed E-state index contributed by atoms with van der Waals surface area (Å²) in [6, 6.07) is 7.67. The van der Waals surface area contributed by atoms with Crippen LogP contribution in [-0.2, 0) is 4.74 Å². The van der Waals surface area contributed by atoms with E-state index in [1.807, 2.05) is 24.3 Å². The van der Waals surface area contributed by atoms with Crippen molar-refractivity contribution in [1.29, 1.82) is 0 Å². The summed E-state index contributed by atoms with van der Waals surface area (Å²) in [7, 11) is 0. The highest BCUT2D eigenvalue weighted by Gasteiger charge is 2.13. The standard InChI is InChI=1S/C19H23N3O3S/c1-2-11-25-16-5-3-15(4-6-16)19-21-17(14-26-19)18(23)20-7-8-22-9-12-24-13-10-22/h2-6,14H,1,7-13H2,(H,20,23). The zero-order valence-corrected chi connectivity index (χ0v) is 15.5. The summed E-state index contributed by atoms with van der Waals surface area (Å²) < 4.78 is 10.8. The number of ether oxygens (including phenoxy) is 2. The summed E-state index contributed by atoms with van der Waals surface area (Å²) in [6.07, 6.45) is 1.71. The number of aromatic nitrogens is 1. The van der Waals surface area contributed by atoms with Crippen molar-refractivity contribution in [2.45, 2.75) is 0 Å². The first-order valence-electron chi connectivity index (χ1n) is 8.64. The van der Waals surface area contributed by atoms with Crippen molar-refractivity contribution in [3.63, 3.8) is 0 Å². The summed E-state index contributed by atoms with van der Waals surface area (Å²) in [5, 5.41) is 5.55. The van der Waals surface area contributed by atoms with Gasteiger partial charge < -0.3 is 14.8 Å². The highest BCUT2D eigenvalue weighted by molar-refractivity contribution is 7.13. The largest absolute Gasteiger partial charge is 0.490 e. The van der Waals surface area contributed by atoms with Gasteiger partial charge in [-0.1, -0.05) is 12.7 Å². The number of rotatable bonds is 8. The molecule has 0 saturated carbocycles. The lowest BCUT2D eigenvalue weighted by Crippen LogP contribution is -2.41. The van der Waals surface area contributed by atoms with E-state index in [1.165, 1.54) is 11.3 Å². The Labute approximate surface area is 157 Å². The summed E-state index contributed by atoms with van der Waals surface area (Å²) >= 11 is 1.46. The fourth-order valence-electron chi connectivity index (χ4n) is 2.60. The van der Waals surface area contributed by atoms with Gasteiger partial charge in [0.05, 0.1) is 13.2 Å². The highest BCUT2D eigenvalue weighted by Crippen LogP contribution is 2.25. The molecule has 1 amide bonds. The van der Waals surface area contributed by atoms with Crippen molar-refractivity contribution in [2.75, 3.05) is 46.0 Å². The summed E-state index contributed by atoms with van der Waals surface area (Å²) in [4.78, 5) is 19.0. The topological polar surface area (TPSA) is 63.7 Å². The van der Waals surface area contributed by atoms with Crippen molar-refractivity contribution in [2.24, 2.45) is 0 Å². The minimum atomic E-state index is -0.133. The maximum absolute atomic E-state index is 12.3. The zero-order valence-electron chi connectivity index (χ0n) is 14.6. The Bertz CT molecular complexity index is 724. The van der Waals surface area contributed by atoms with Crippen LogP contribution >= 0.6 is 11.3 Å². The molecule has 2 heterocycles. The van der Waals surface area contributed by atoms with Gasteiger partial charge in [-0.2, -0.15) is 0 Å². The van der Waals surface area contributed by atoms with E-state index in [1.54, 1.807) is 11.5 Å². The first-order valence-corrected chi connectivity index (χ1v) is 9.52. The number of thiazole rings is 1. The number of hydrogen-bond donors (Lipinski definition) is 1. The van der Waals surface area contributed by atoms with E-state index in [2.05, 4.69) is 21.8 Å². The van der Waals surface area contributed by atoms with Gasteiger partial charge in [-0.25, -0.2) is 4.98 Å². The molecule has 0 unspecified atom stereocenters. The van der Waals surface area contributed by atoms with Gasteiger partial charge in [-0.15, -0.1) is 11.3 Å². The monoisotopic (exact) mass is 373 g/mol. The zero-order chi connectivity index (χ0) is 18.2. The SMILES string of the molecule is C=CCOc1ccc(-c2nc(C(=O)NCCN3CCOCC3)cs2)cc1. The van der Waals surface area contributed by atoms with E-state index in [0.717, 1.165) is 49.2 Å². The average Bonchev–Trinajstić information content (AvgIpc) is 3.18. The fourth-order valence-corrected chi connectivity index (χ4v) is 3.41. The molecule has 138 valence electrons. The third kappa shape index (κ3) is 5.14. The molecular weight excluding hydrogens is 350 g/mol. The number of hydrogen-bond acceptors (Lipinski definition) is 6. The van der Waals surface area contributed by atoms with Crippen molar-refractivity contribution in [3.05, 3.63) is 48.0 Å². The van der Waals surface area contributed by atoms with E-state index < -0.39 is 0 Å². The van der Waals surface area contributed by atoms with Gasteiger partial charge >= 0.3 is 0 Å². The van der Waals surface area contributed by atoms with Gasteiger partial charge in [0.25, 0.3) is 5.91 Å². The van der Waals surface area contributed by atoms with E-state index in [0.29, 0.717) is 18.8 Å². The molecule has 0 spiro atoms. The first kappa shape index (κ1) is 18.6. The normalized spacial score (nSPS) is 14.8. The van der Waals surface area contributed by atoms with Gasteiger partial charge in [0.1, 0.15) is 23.1 Å². The molecule has 2 aromatic rings. The molecule has 7 heteroatoms. The Hall–Kier alpha value is -2.22. The maximum Gasteiger partial charge on any atom is 0.270 e. The molecule has 1 N–H and O–H groups in total. The quantitative estimate of drug-likeness (QED) is 0.720. The lowest BCUT2D eigenvalue weighted by atomic mass is 10.2. The van der Waals surface area contributed by atoms with Crippen molar-refractivity contribution in [1.82, 2.24) is 15.2 Å². The van der Waals surface area contributed by atoms with Gasteiger partial charge in [0, 0.05) is 37.1 Å². The Kier molecular flexibility index (Phi) is 6.76. The number of nitrogens with one attached hydrogen (secondary N) is 1. The number of nitrogens with zero attached hydrogens (tertiary/aromatic N) is 2. The number of benzene rings is 1. The number of carbonyl (C=O) groups is 1. The molecule has 0 aliphatic carbocycles. The molecule has 1 aliphatic heterocycles. The van der Waals surface area contributed by atoms with Crippen LogP contribution in [0.25, 0.3) is 10.6 Å². The van der Waals surface area contributed by atoms with Crippen molar-refractivity contribution < 1.29 is 14.3 Å². The van der Waals surface area contributed by atoms with Crippen LogP contribution < -0.4 is 10.1 Å². The molecule has 3 rings (SSSR count). The minimum Gasteiger partial charge on any atom is -0.490 e. The van der Waals surface area contributed by atoms with Crippen LogP contribution in [0.5, 0.6) is 5.75 Å². The lowest BCUT2D eigenvalue weighted by molar-refractivity contribution is 0.0383. The second-order valence-corrected chi connectivity index (χ2v) is 6.73. The molecular formula is C19H23N3O3S. The predicted molar refractivity (Wildman–Crippen MR) is 103 cm³/mol. The number of morpholine rings is 1. The number of amides is 1. The lowest BCUT2D eigenvalue weighted by Gasteiger charge is -2.26. The van der Waals surface area contributed by atoms with Gasteiger partial charge in [0.15, 0.2) is 0 Å². The third-order valence-electron chi connectivity index (χ3n) is 4.02. The second-order valence-electron chi connectivity index (χ2n) is 5.87. The number of carbonyl (C=O) groups excluding carboxylic acids is 1. The molecule has 1 aromatic heterocycles. The molecule has 1 fully saturated rings. The molecule has 1 saturated heterocycles. The van der Waals surface area contributed by atoms with E-state index in [4.69, 9.17) is 9.47 Å². The Morgan fingerprint density at radius 1 is 1.35 bits per heavy atom. The van der Waals surface area contributed by atoms with Gasteiger partial charge in [0.2, 0.25) is 0 Å². The first-order chi connectivity index (χ1) is 12.8. The molecule has 0 bridgehead atoms. The Morgan fingerprint density at radius 2 is 2.12 bits per heavy atom. The molecule has 26 heavy (non-hydrogen) atoms. The van der Waals surface area contributed by atoms with Crippen LogP contribution in [0.4, 0.5) is 0 Å². The molecule has 6 nitrogen and oxygen atoms in total. The third-order valence-corrected chi connectivity index (χ3v) is 4.91. The van der Waals surface area contributed by atoms with E-state index in [9.17, 15) is 4.79 Å². The highest BCUT2D eigenvalue weighted by atomic mass is 32.1. The minimum absolute atomic E-state index is 0.133. The van der Waals surface area contributed by atoms with Gasteiger partial charge in [-0.3, -0.25) is 9.69 Å². The van der Waals surface area contributed by atoms with Gasteiger partial charge in [-0.05, 0) is 24.3 Å². The maximum atomic E-state index is 12.3. The average molecular weight is 373 g/mol. The summed E-state index contributed by atoms with van der Waals surface area (Å²) in [5.74, 6) is 0.651. The predicted octanol–water partition coefficient (Wildman–Crippen LogP) is 2.44. The molecule has 1 aliphatic rings. The summed E-state index contributed by atoms with van der Waals surface area (Å²) in [5.41, 5.74) is 1.42. The molecule has 1 aromatic carbocycles. The summed E-state index contributed by atoms with van der Waals surface area (Å²) in [6.45, 7) is 8.92. The fraction of sp³-hybridized carbons (Fsp3) is 0.368. The second kappa shape index (κ2) is 9.47. The van der Waals surface area contributed by atoms with E-state index in [-0.39, 0.29) is 5.91 Å². The smallest absolute Gasteiger partial charge is 0.270 e. The van der Waals surface area contributed by atoms with Crippen molar-refractivity contribution >= 4 is 17.2 Å². The van der Waals surface area contributed by atoms with Crippen LogP contribution in [-0.4, -0.2) is 61.8 Å². The molecule has 0 atom stereocenters. The van der Waals surface area contributed by atoms with Crippen molar-refractivity contribution in [3.8, 4) is 16.3 Å². The van der Waals surface area contributed by atoms with E-state index >= 15 is 0 Å². The van der Waals surface area contributed by atoms with Crippen LogP contribution in [0.15, 0.2) is 42.3 Å². The van der Waals surface area contributed by atoms with Crippen LogP contribution in [0, 0.1) is 0 Å². The molecule has 0 radical (unpaired) electrons.